The molecule has 1 aliphatic carbocycles. The van der Waals surface area contributed by atoms with E-state index in [0.29, 0.717) is 11.8 Å². The highest BCUT2D eigenvalue weighted by Gasteiger charge is 2.33. The summed E-state index contributed by atoms with van der Waals surface area (Å²) >= 11 is 1.95. The first-order valence-corrected chi connectivity index (χ1v) is 9.49. The van der Waals surface area contributed by atoms with Crippen LogP contribution in [0.1, 0.15) is 36.6 Å². The molecule has 2 saturated heterocycles. The van der Waals surface area contributed by atoms with Crippen molar-refractivity contribution in [3.05, 3.63) is 17.5 Å². The lowest BCUT2D eigenvalue weighted by molar-refractivity contribution is -0.134. The van der Waals surface area contributed by atoms with Crippen molar-refractivity contribution in [1.82, 2.24) is 15.0 Å². The van der Waals surface area contributed by atoms with Crippen molar-refractivity contribution in [3.8, 4) is 0 Å². The van der Waals surface area contributed by atoms with Crippen LogP contribution in [-0.4, -0.2) is 58.5 Å². The third-order valence-corrected chi connectivity index (χ3v) is 5.83. The summed E-state index contributed by atoms with van der Waals surface area (Å²) in [5.74, 6) is 4.38. The van der Waals surface area contributed by atoms with Crippen LogP contribution in [0.4, 0.5) is 0 Å². The Morgan fingerprint density at radius 3 is 2.86 bits per heavy atom. The van der Waals surface area contributed by atoms with Crippen LogP contribution in [0.5, 0.6) is 0 Å². The van der Waals surface area contributed by atoms with Gasteiger partial charge < -0.3 is 9.42 Å². The lowest BCUT2D eigenvalue weighted by Crippen LogP contribution is -2.42. The van der Waals surface area contributed by atoms with Gasteiger partial charge >= 0.3 is 0 Å². The van der Waals surface area contributed by atoms with Crippen LogP contribution < -0.4 is 0 Å². The summed E-state index contributed by atoms with van der Waals surface area (Å²) in [7, 11) is 0. The maximum absolute atomic E-state index is 12.6. The molecule has 3 fully saturated rings. The third-order valence-electron chi connectivity index (χ3n) is 4.89. The number of thioether (sulfide) groups is 1. The number of likely N-dealkylation sites (tertiary alicyclic amines) is 1. The molecule has 4 rings (SSSR count). The second-order valence-corrected chi connectivity index (χ2v) is 7.88. The van der Waals surface area contributed by atoms with Crippen LogP contribution in [0.2, 0.25) is 0 Å². The average molecular weight is 321 g/mol. The average Bonchev–Trinajstić information content (AvgIpc) is 3.13. The molecule has 120 valence electrons. The Bertz CT molecular complexity index is 537. The van der Waals surface area contributed by atoms with Gasteiger partial charge in [-0.3, -0.25) is 9.69 Å². The number of rotatable bonds is 4. The minimum atomic E-state index is 0.179. The van der Waals surface area contributed by atoms with E-state index in [4.69, 9.17) is 4.52 Å². The first-order valence-electron chi connectivity index (χ1n) is 8.34. The summed E-state index contributed by atoms with van der Waals surface area (Å²) < 4.78 is 5.41. The molecular weight excluding hydrogens is 298 g/mol. The van der Waals surface area contributed by atoms with Gasteiger partial charge in [-0.05, 0) is 25.8 Å². The first kappa shape index (κ1) is 14.6. The SMILES string of the molecule is O=C(C1CCN(Cc2cc(C3CC3)on2)C1)N1CCSCC1. The zero-order chi connectivity index (χ0) is 14.9. The van der Waals surface area contributed by atoms with Crippen molar-refractivity contribution in [2.45, 2.75) is 31.7 Å². The summed E-state index contributed by atoms with van der Waals surface area (Å²) in [6.45, 7) is 4.52. The molecule has 2 aliphatic heterocycles. The number of amides is 1. The van der Waals surface area contributed by atoms with E-state index >= 15 is 0 Å². The standard InChI is InChI=1S/C16H23N3O2S/c20-16(19-5-7-22-8-6-19)13-3-4-18(10-13)11-14-9-15(21-17-14)12-1-2-12/h9,12-13H,1-8,10-11H2. The molecule has 6 heteroatoms. The molecule has 0 spiro atoms. The van der Waals surface area contributed by atoms with Crippen molar-refractivity contribution < 1.29 is 9.32 Å². The molecule has 1 amide bonds. The van der Waals surface area contributed by atoms with Gasteiger partial charge in [0, 0.05) is 49.7 Å². The van der Waals surface area contributed by atoms with Crippen LogP contribution >= 0.6 is 11.8 Å². The van der Waals surface area contributed by atoms with Gasteiger partial charge in [-0.1, -0.05) is 5.16 Å². The van der Waals surface area contributed by atoms with Gasteiger partial charge in [-0.25, -0.2) is 0 Å². The van der Waals surface area contributed by atoms with Crippen LogP contribution in [0.3, 0.4) is 0 Å². The molecule has 3 aliphatic rings. The van der Waals surface area contributed by atoms with Gasteiger partial charge in [-0.15, -0.1) is 0 Å². The Morgan fingerprint density at radius 1 is 1.27 bits per heavy atom. The summed E-state index contributed by atoms with van der Waals surface area (Å²) in [5, 5.41) is 4.19. The predicted octanol–water partition coefficient (Wildman–Crippen LogP) is 1.95. The molecule has 1 saturated carbocycles. The number of carbonyl (C=O) groups is 1. The van der Waals surface area contributed by atoms with E-state index in [9.17, 15) is 4.79 Å². The molecule has 5 nitrogen and oxygen atoms in total. The van der Waals surface area contributed by atoms with Gasteiger partial charge in [0.15, 0.2) is 0 Å². The normalized spacial score (nSPS) is 26.5. The zero-order valence-corrected chi connectivity index (χ0v) is 13.7. The summed E-state index contributed by atoms with van der Waals surface area (Å²) in [4.78, 5) is 17.0. The monoisotopic (exact) mass is 321 g/mol. The fourth-order valence-electron chi connectivity index (χ4n) is 3.41. The molecule has 1 aromatic rings. The van der Waals surface area contributed by atoms with Crippen molar-refractivity contribution in [2.75, 3.05) is 37.7 Å². The van der Waals surface area contributed by atoms with Crippen LogP contribution in [0, 0.1) is 5.92 Å². The second-order valence-electron chi connectivity index (χ2n) is 6.65. The fraction of sp³-hybridized carbons (Fsp3) is 0.750. The molecule has 0 bridgehead atoms. The number of hydrogen-bond acceptors (Lipinski definition) is 5. The van der Waals surface area contributed by atoms with Crippen molar-refractivity contribution >= 4 is 17.7 Å². The van der Waals surface area contributed by atoms with Crippen LogP contribution in [0.25, 0.3) is 0 Å². The Hall–Kier alpha value is -1.01. The highest BCUT2D eigenvalue weighted by atomic mass is 32.2. The quantitative estimate of drug-likeness (QED) is 0.848. The van der Waals surface area contributed by atoms with E-state index in [1.165, 1.54) is 12.8 Å². The summed E-state index contributed by atoms with van der Waals surface area (Å²) in [5.41, 5.74) is 1.02. The Kier molecular flexibility index (Phi) is 4.13. The Labute approximate surface area is 135 Å². The highest BCUT2D eigenvalue weighted by Crippen LogP contribution is 2.40. The van der Waals surface area contributed by atoms with Crippen molar-refractivity contribution in [3.63, 3.8) is 0 Å². The molecule has 0 radical (unpaired) electrons. The van der Waals surface area contributed by atoms with Crippen LogP contribution in [-0.2, 0) is 11.3 Å². The molecule has 1 atom stereocenters. The summed E-state index contributed by atoms with van der Waals surface area (Å²) in [6.07, 6.45) is 3.46. The van der Waals surface area contributed by atoms with Crippen molar-refractivity contribution in [2.24, 2.45) is 5.92 Å². The first-order chi connectivity index (χ1) is 10.8. The third kappa shape index (κ3) is 3.18. The van der Waals surface area contributed by atoms with Gasteiger partial charge in [-0.2, -0.15) is 11.8 Å². The Morgan fingerprint density at radius 2 is 2.09 bits per heavy atom. The topological polar surface area (TPSA) is 49.6 Å². The zero-order valence-electron chi connectivity index (χ0n) is 12.9. The Balaban J connectivity index is 1.30. The number of nitrogens with zero attached hydrogens (tertiary/aromatic N) is 3. The van der Waals surface area contributed by atoms with Gasteiger partial charge in [0.05, 0.1) is 11.6 Å². The molecule has 22 heavy (non-hydrogen) atoms. The largest absolute Gasteiger partial charge is 0.361 e. The van der Waals surface area contributed by atoms with E-state index in [0.717, 1.165) is 62.1 Å². The van der Waals surface area contributed by atoms with Gasteiger partial charge in [0.1, 0.15) is 5.76 Å². The molecular formula is C16H23N3O2S. The van der Waals surface area contributed by atoms with Gasteiger partial charge in [0.2, 0.25) is 5.91 Å². The molecule has 0 N–H and O–H groups in total. The minimum absolute atomic E-state index is 0.179. The smallest absolute Gasteiger partial charge is 0.227 e. The molecule has 1 unspecified atom stereocenters. The maximum Gasteiger partial charge on any atom is 0.227 e. The summed E-state index contributed by atoms with van der Waals surface area (Å²) in [6, 6.07) is 2.11. The molecule has 3 heterocycles. The lowest BCUT2D eigenvalue weighted by Gasteiger charge is -2.28. The van der Waals surface area contributed by atoms with Crippen molar-refractivity contribution in [1.29, 1.82) is 0 Å². The van der Waals surface area contributed by atoms with Crippen LogP contribution in [0.15, 0.2) is 10.6 Å². The van der Waals surface area contributed by atoms with Gasteiger partial charge in [0.25, 0.3) is 0 Å². The number of carbonyl (C=O) groups excluding carboxylic acids is 1. The van der Waals surface area contributed by atoms with E-state index in [1.54, 1.807) is 0 Å². The lowest BCUT2D eigenvalue weighted by atomic mass is 10.1. The minimum Gasteiger partial charge on any atom is -0.361 e. The van der Waals surface area contributed by atoms with E-state index in [-0.39, 0.29) is 5.92 Å². The van der Waals surface area contributed by atoms with E-state index in [1.807, 2.05) is 11.8 Å². The molecule has 0 aromatic carbocycles. The number of aromatic nitrogens is 1. The van der Waals surface area contributed by atoms with E-state index < -0.39 is 0 Å². The maximum atomic E-state index is 12.6. The second kappa shape index (κ2) is 6.24. The number of hydrogen-bond donors (Lipinski definition) is 0. The predicted molar refractivity (Wildman–Crippen MR) is 85.8 cm³/mol. The van der Waals surface area contributed by atoms with E-state index in [2.05, 4.69) is 21.0 Å². The fourth-order valence-corrected chi connectivity index (χ4v) is 4.31. The molecule has 1 aromatic heterocycles. The highest BCUT2D eigenvalue weighted by molar-refractivity contribution is 7.99.